The smallest absolute Gasteiger partial charge is 0.317 e. The number of hydrogen-bond acceptors (Lipinski definition) is 3. The van der Waals surface area contributed by atoms with Crippen LogP contribution in [0.5, 0.6) is 0 Å². The van der Waals surface area contributed by atoms with Gasteiger partial charge in [0, 0.05) is 38.4 Å². The van der Waals surface area contributed by atoms with Gasteiger partial charge in [-0.05, 0) is 58.1 Å². The minimum atomic E-state index is 0.0735. The highest BCUT2D eigenvalue weighted by atomic mass is 16.2. The first-order valence-corrected chi connectivity index (χ1v) is 8.47. The molecule has 0 atom stereocenters. The second kappa shape index (κ2) is 8.20. The number of urea groups is 1. The van der Waals surface area contributed by atoms with Gasteiger partial charge in [0.05, 0.1) is 0 Å². The molecule has 0 aliphatic carbocycles. The van der Waals surface area contributed by atoms with Gasteiger partial charge in [-0.1, -0.05) is 12.1 Å². The van der Waals surface area contributed by atoms with Crippen molar-refractivity contribution < 1.29 is 4.79 Å². The first-order chi connectivity index (χ1) is 11.0. The van der Waals surface area contributed by atoms with Crippen LogP contribution in [0.1, 0.15) is 17.5 Å². The monoisotopic (exact) mass is 318 g/mol. The Labute approximate surface area is 140 Å². The van der Waals surface area contributed by atoms with E-state index in [1.807, 2.05) is 19.0 Å². The summed E-state index contributed by atoms with van der Waals surface area (Å²) >= 11 is 0. The zero-order chi connectivity index (χ0) is 16.8. The van der Waals surface area contributed by atoms with Crippen LogP contribution in [0.4, 0.5) is 10.5 Å². The minimum Gasteiger partial charge on any atom is -0.368 e. The maximum Gasteiger partial charge on any atom is 0.317 e. The van der Waals surface area contributed by atoms with Gasteiger partial charge < -0.3 is 20.0 Å². The zero-order valence-electron chi connectivity index (χ0n) is 14.9. The number of piperazine rings is 1. The lowest BCUT2D eigenvalue weighted by molar-refractivity contribution is 0.194. The Morgan fingerprint density at radius 1 is 1.17 bits per heavy atom. The third-order valence-electron chi connectivity index (χ3n) is 4.54. The fourth-order valence-electron chi connectivity index (χ4n) is 2.93. The molecule has 2 rings (SSSR count). The SMILES string of the molecule is Cc1cccc(N2CCN(C(=O)NCCCN(C)C)CC2)c1C. The lowest BCUT2D eigenvalue weighted by Gasteiger charge is -2.37. The van der Waals surface area contributed by atoms with E-state index in [2.05, 4.69) is 47.2 Å². The zero-order valence-corrected chi connectivity index (χ0v) is 14.9. The molecular weight excluding hydrogens is 288 g/mol. The van der Waals surface area contributed by atoms with E-state index in [1.165, 1.54) is 16.8 Å². The number of nitrogens with one attached hydrogen (secondary N) is 1. The van der Waals surface area contributed by atoms with Crippen LogP contribution in [-0.2, 0) is 0 Å². The Kier molecular flexibility index (Phi) is 6.28. The Bertz CT molecular complexity index is 522. The third kappa shape index (κ3) is 4.86. The first-order valence-electron chi connectivity index (χ1n) is 8.47. The van der Waals surface area contributed by atoms with Crippen LogP contribution in [-0.4, -0.2) is 69.2 Å². The van der Waals surface area contributed by atoms with Gasteiger partial charge in [-0.2, -0.15) is 0 Å². The number of carbonyl (C=O) groups is 1. The van der Waals surface area contributed by atoms with Crippen molar-refractivity contribution in [2.75, 3.05) is 58.3 Å². The van der Waals surface area contributed by atoms with Gasteiger partial charge >= 0.3 is 6.03 Å². The average Bonchev–Trinajstić information content (AvgIpc) is 2.54. The van der Waals surface area contributed by atoms with Crippen molar-refractivity contribution >= 4 is 11.7 Å². The van der Waals surface area contributed by atoms with Gasteiger partial charge in [-0.25, -0.2) is 4.79 Å². The highest BCUT2D eigenvalue weighted by Crippen LogP contribution is 2.23. The lowest BCUT2D eigenvalue weighted by Crippen LogP contribution is -2.52. The molecule has 1 N–H and O–H groups in total. The normalized spacial score (nSPS) is 15.2. The van der Waals surface area contributed by atoms with Crippen molar-refractivity contribution in [2.24, 2.45) is 0 Å². The molecule has 5 nitrogen and oxygen atoms in total. The van der Waals surface area contributed by atoms with Crippen LogP contribution >= 0.6 is 0 Å². The summed E-state index contributed by atoms with van der Waals surface area (Å²) in [6, 6.07) is 6.52. The van der Waals surface area contributed by atoms with Gasteiger partial charge in [-0.3, -0.25) is 0 Å². The molecule has 0 bridgehead atoms. The van der Waals surface area contributed by atoms with E-state index in [4.69, 9.17) is 0 Å². The molecule has 1 fully saturated rings. The molecule has 0 saturated carbocycles. The van der Waals surface area contributed by atoms with E-state index in [1.54, 1.807) is 0 Å². The van der Waals surface area contributed by atoms with Gasteiger partial charge in [-0.15, -0.1) is 0 Å². The summed E-state index contributed by atoms with van der Waals surface area (Å²) in [5, 5.41) is 3.02. The lowest BCUT2D eigenvalue weighted by atomic mass is 10.1. The largest absolute Gasteiger partial charge is 0.368 e. The highest BCUT2D eigenvalue weighted by molar-refractivity contribution is 5.74. The molecule has 128 valence electrons. The summed E-state index contributed by atoms with van der Waals surface area (Å²) in [6.45, 7) is 9.43. The van der Waals surface area contributed by atoms with Crippen LogP contribution in [0.2, 0.25) is 0 Å². The molecule has 1 heterocycles. The molecule has 23 heavy (non-hydrogen) atoms. The number of hydrogen-bond donors (Lipinski definition) is 1. The van der Waals surface area contributed by atoms with Crippen molar-refractivity contribution in [3.8, 4) is 0 Å². The third-order valence-corrected chi connectivity index (χ3v) is 4.54. The Morgan fingerprint density at radius 2 is 1.87 bits per heavy atom. The van der Waals surface area contributed by atoms with E-state index in [0.29, 0.717) is 0 Å². The number of anilines is 1. The molecule has 1 aliphatic rings. The summed E-state index contributed by atoms with van der Waals surface area (Å²) < 4.78 is 0. The van der Waals surface area contributed by atoms with Crippen LogP contribution in [0, 0.1) is 13.8 Å². The van der Waals surface area contributed by atoms with Crippen molar-refractivity contribution in [1.29, 1.82) is 0 Å². The summed E-state index contributed by atoms with van der Waals surface area (Å²) in [6.07, 6.45) is 0.987. The Balaban J connectivity index is 1.79. The van der Waals surface area contributed by atoms with Crippen molar-refractivity contribution in [2.45, 2.75) is 20.3 Å². The predicted octanol–water partition coefficient (Wildman–Crippen LogP) is 2.09. The van der Waals surface area contributed by atoms with Crippen molar-refractivity contribution in [1.82, 2.24) is 15.1 Å². The predicted molar refractivity (Wildman–Crippen MR) is 96.3 cm³/mol. The van der Waals surface area contributed by atoms with Gasteiger partial charge in [0.15, 0.2) is 0 Å². The molecule has 1 aromatic rings. The standard InChI is InChI=1S/C18H30N4O/c1-15-7-5-8-17(16(15)2)21-11-13-22(14-12-21)18(23)19-9-6-10-20(3)4/h5,7-8H,6,9-14H2,1-4H3,(H,19,23). The Morgan fingerprint density at radius 3 is 2.52 bits per heavy atom. The number of nitrogens with zero attached hydrogens (tertiary/aromatic N) is 3. The van der Waals surface area contributed by atoms with Gasteiger partial charge in [0.25, 0.3) is 0 Å². The van der Waals surface area contributed by atoms with Gasteiger partial charge in [0.1, 0.15) is 0 Å². The van der Waals surface area contributed by atoms with Crippen molar-refractivity contribution in [3.05, 3.63) is 29.3 Å². The van der Waals surface area contributed by atoms with E-state index in [0.717, 1.165) is 45.7 Å². The van der Waals surface area contributed by atoms with E-state index in [9.17, 15) is 4.79 Å². The number of aryl methyl sites for hydroxylation is 1. The topological polar surface area (TPSA) is 38.8 Å². The average molecular weight is 318 g/mol. The molecule has 0 aromatic heterocycles. The van der Waals surface area contributed by atoms with Crippen LogP contribution < -0.4 is 10.2 Å². The first kappa shape index (κ1) is 17.6. The molecule has 0 unspecified atom stereocenters. The summed E-state index contributed by atoms with van der Waals surface area (Å²) in [7, 11) is 4.10. The number of benzene rings is 1. The quantitative estimate of drug-likeness (QED) is 0.845. The molecule has 0 radical (unpaired) electrons. The maximum absolute atomic E-state index is 12.2. The van der Waals surface area contributed by atoms with E-state index >= 15 is 0 Å². The fourth-order valence-corrected chi connectivity index (χ4v) is 2.93. The maximum atomic E-state index is 12.2. The molecule has 2 amide bonds. The summed E-state index contributed by atoms with van der Waals surface area (Å²) in [4.78, 5) is 18.6. The summed E-state index contributed by atoms with van der Waals surface area (Å²) in [5.41, 5.74) is 3.97. The second-order valence-electron chi connectivity index (χ2n) is 6.58. The molecule has 1 aromatic carbocycles. The fraction of sp³-hybridized carbons (Fsp3) is 0.611. The van der Waals surface area contributed by atoms with E-state index < -0.39 is 0 Å². The Hall–Kier alpha value is -1.75. The van der Waals surface area contributed by atoms with Crippen LogP contribution in [0.15, 0.2) is 18.2 Å². The molecule has 0 spiro atoms. The van der Waals surface area contributed by atoms with Crippen molar-refractivity contribution in [3.63, 3.8) is 0 Å². The van der Waals surface area contributed by atoms with E-state index in [-0.39, 0.29) is 6.03 Å². The molecular formula is C18H30N4O. The number of amides is 2. The summed E-state index contributed by atoms with van der Waals surface area (Å²) in [5.74, 6) is 0. The van der Waals surface area contributed by atoms with Crippen LogP contribution in [0.25, 0.3) is 0 Å². The van der Waals surface area contributed by atoms with Gasteiger partial charge in [0.2, 0.25) is 0 Å². The molecule has 5 heteroatoms. The second-order valence-corrected chi connectivity index (χ2v) is 6.58. The highest BCUT2D eigenvalue weighted by Gasteiger charge is 2.21. The molecule has 1 saturated heterocycles. The number of carbonyl (C=O) groups excluding carboxylic acids is 1. The number of rotatable bonds is 5. The van der Waals surface area contributed by atoms with Crippen LogP contribution in [0.3, 0.4) is 0 Å². The minimum absolute atomic E-state index is 0.0735. The molecule has 1 aliphatic heterocycles.